The molecular weight excluding hydrogens is 276 g/mol. The van der Waals surface area contributed by atoms with Gasteiger partial charge in [0.25, 0.3) is 0 Å². The van der Waals surface area contributed by atoms with Gasteiger partial charge in [-0.05, 0) is 23.8 Å². The van der Waals surface area contributed by atoms with Crippen LogP contribution in [-0.4, -0.2) is 21.5 Å². The maximum atomic E-state index is 6.05. The second-order valence-electron chi connectivity index (χ2n) is 5.02. The van der Waals surface area contributed by atoms with Gasteiger partial charge in [0.05, 0.1) is 18.1 Å². The van der Waals surface area contributed by atoms with Crippen molar-refractivity contribution in [3.8, 4) is 16.9 Å². The first kappa shape index (κ1) is 12.6. The van der Waals surface area contributed by atoms with Crippen LogP contribution in [0.2, 0.25) is 0 Å². The molecule has 0 fully saturated rings. The van der Waals surface area contributed by atoms with Crippen LogP contribution in [-0.2, 0) is 0 Å². The molecule has 0 saturated heterocycles. The first-order chi connectivity index (χ1) is 10.8. The topological polar surface area (TPSA) is 65.4 Å². The van der Waals surface area contributed by atoms with Crippen LogP contribution in [0, 0.1) is 0 Å². The molecule has 0 saturated carbocycles. The van der Waals surface area contributed by atoms with E-state index < -0.39 is 0 Å². The van der Waals surface area contributed by atoms with Gasteiger partial charge in [-0.1, -0.05) is 24.3 Å². The van der Waals surface area contributed by atoms with E-state index in [1.165, 1.54) is 0 Å². The minimum absolute atomic E-state index is 0.424. The number of anilines is 1. The van der Waals surface area contributed by atoms with Crippen LogP contribution in [0.1, 0.15) is 0 Å². The molecule has 0 amide bonds. The first-order valence-corrected chi connectivity index (χ1v) is 6.93. The summed E-state index contributed by atoms with van der Waals surface area (Å²) in [6.45, 7) is 0. The summed E-state index contributed by atoms with van der Waals surface area (Å²) in [6.07, 6.45) is 3.62. The summed E-state index contributed by atoms with van der Waals surface area (Å²) in [5, 5.41) is 0. The van der Waals surface area contributed by atoms with E-state index in [4.69, 9.17) is 10.5 Å². The number of nitrogens with two attached hydrogens (primary N) is 1. The summed E-state index contributed by atoms with van der Waals surface area (Å²) in [5.74, 6) is 1.24. The van der Waals surface area contributed by atoms with E-state index in [2.05, 4.69) is 9.97 Å². The van der Waals surface area contributed by atoms with Crippen LogP contribution < -0.4 is 10.5 Å². The SMILES string of the molecule is COc1cccc(-c2cccc3c2nc(N)c2nccn23)c1. The molecule has 5 heteroatoms. The Morgan fingerprint density at radius 1 is 1.14 bits per heavy atom. The minimum Gasteiger partial charge on any atom is -0.497 e. The molecule has 0 aliphatic carbocycles. The van der Waals surface area contributed by atoms with Gasteiger partial charge in [0.1, 0.15) is 5.75 Å². The lowest BCUT2D eigenvalue weighted by atomic mass is 10.0. The Morgan fingerprint density at radius 3 is 2.86 bits per heavy atom. The molecule has 0 radical (unpaired) electrons. The van der Waals surface area contributed by atoms with E-state index in [9.17, 15) is 0 Å². The van der Waals surface area contributed by atoms with Crippen LogP contribution in [0.4, 0.5) is 5.82 Å². The molecule has 0 aliphatic heterocycles. The predicted octanol–water partition coefficient (Wildman–Crippen LogP) is 3.14. The number of nitrogens with zero attached hydrogens (tertiary/aromatic N) is 3. The molecule has 0 spiro atoms. The van der Waals surface area contributed by atoms with Gasteiger partial charge in [-0.2, -0.15) is 0 Å². The molecule has 0 bridgehead atoms. The molecule has 0 unspecified atom stereocenters. The largest absolute Gasteiger partial charge is 0.497 e. The van der Waals surface area contributed by atoms with Crippen LogP contribution in [0.25, 0.3) is 27.8 Å². The number of hydrogen-bond donors (Lipinski definition) is 1. The second-order valence-corrected chi connectivity index (χ2v) is 5.02. The number of aromatic nitrogens is 3. The zero-order valence-corrected chi connectivity index (χ0v) is 12.0. The van der Waals surface area contributed by atoms with Gasteiger partial charge in [0, 0.05) is 18.0 Å². The first-order valence-electron chi connectivity index (χ1n) is 6.93. The molecule has 2 N–H and O–H groups in total. The number of methoxy groups -OCH3 is 1. The molecule has 2 aromatic carbocycles. The van der Waals surface area contributed by atoms with E-state index in [0.717, 1.165) is 27.9 Å². The molecule has 108 valence electrons. The summed E-state index contributed by atoms with van der Waals surface area (Å²) in [7, 11) is 1.66. The Bertz CT molecular complexity index is 990. The lowest BCUT2D eigenvalue weighted by molar-refractivity contribution is 0.415. The fourth-order valence-electron chi connectivity index (χ4n) is 2.72. The number of rotatable bonds is 2. The second kappa shape index (κ2) is 4.73. The molecule has 22 heavy (non-hydrogen) atoms. The van der Waals surface area contributed by atoms with E-state index >= 15 is 0 Å². The van der Waals surface area contributed by atoms with Crippen molar-refractivity contribution in [2.45, 2.75) is 0 Å². The van der Waals surface area contributed by atoms with E-state index in [1.807, 2.05) is 53.1 Å². The number of imidazole rings is 1. The standard InChI is InChI=1S/C17H14N4O/c1-22-12-5-2-4-11(10-12)13-6-3-7-14-15(13)20-16(18)17-19-8-9-21(14)17/h2-10H,1H3,(H2,18,20). The van der Waals surface area contributed by atoms with E-state index in [1.54, 1.807) is 13.3 Å². The fourth-order valence-corrected chi connectivity index (χ4v) is 2.72. The predicted molar refractivity (Wildman–Crippen MR) is 86.9 cm³/mol. The van der Waals surface area contributed by atoms with Gasteiger partial charge in [0.15, 0.2) is 11.5 Å². The third kappa shape index (κ3) is 1.79. The van der Waals surface area contributed by atoms with Crippen molar-refractivity contribution in [3.05, 3.63) is 54.9 Å². The van der Waals surface area contributed by atoms with Crippen molar-refractivity contribution in [3.63, 3.8) is 0 Å². The Labute approximate surface area is 127 Å². The highest BCUT2D eigenvalue weighted by molar-refractivity contribution is 5.94. The van der Waals surface area contributed by atoms with Crippen molar-refractivity contribution < 1.29 is 4.74 Å². The quantitative estimate of drug-likeness (QED) is 0.616. The number of benzene rings is 2. The Morgan fingerprint density at radius 2 is 2.00 bits per heavy atom. The normalized spacial score (nSPS) is 11.1. The van der Waals surface area contributed by atoms with Gasteiger partial charge in [0.2, 0.25) is 0 Å². The van der Waals surface area contributed by atoms with Crippen LogP contribution in [0.3, 0.4) is 0 Å². The van der Waals surface area contributed by atoms with Gasteiger partial charge in [-0.3, -0.25) is 4.40 Å². The molecule has 4 rings (SSSR count). The van der Waals surface area contributed by atoms with Gasteiger partial charge in [-0.15, -0.1) is 0 Å². The van der Waals surface area contributed by atoms with Crippen molar-refractivity contribution in [2.75, 3.05) is 12.8 Å². The lowest BCUT2D eigenvalue weighted by Gasteiger charge is -2.10. The van der Waals surface area contributed by atoms with Crippen molar-refractivity contribution in [2.24, 2.45) is 0 Å². The molecule has 2 aromatic heterocycles. The maximum Gasteiger partial charge on any atom is 0.180 e. The number of ether oxygens (including phenoxy) is 1. The number of hydrogen-bond acceptors (Lipinski definition) is 4. The summed E-state index contributed by atoms with van der Waals surface area (Å²) in [4.78, 5) is 8.82. The summed E-state index contributed by atoms with van der Waals surface area (Å²) in [6, 6.07) is 14.0. The number of fused-ring (bicyclic) bond motifs is 3. The van der Waals surface area contributed by atoms with Crippen LogP contribution in [0.15, 0.2) is 54.9 Å². The van der Waals surface area contributed by atoms with Gasteiger partial charge < -0.3 is 10.5 Å². The highest BCUT2D eigenvalue weighted by atomic mass is 16.5. The van der Waals surface area contributed by atoms with Crippen LogP contribution >= 0.6 is 0 Å². The van der Waals surface area contributed by atoms with Crippen molar-refractivity contribution >= 4 is 22.5 Å². The highest BCUT2D eigenvalue weighted by Crippen LogP contribution is 2.31. The van der Waals surface area contributed by atoms with Gasteiger partial charge >= 0.3 is 0 Å². The summed E-state index contributed by atoms with van der Waals surface area (Å²) >= 11 is 0. The Hall–Kier alpha value is -3.08. The molecular formula is C17H14N4O. The monoisotopic (exact) mass is 290 g/mol. The smallest absolute Gasteiger partial charge is 0.180 e. The van der Waals surface area contributed by atoms with E-state index in [0.29, 0.717) is 11.5 Å². The minimum atomic E-state index is 0.424. The average Bonchev–Trinajstić information content (AvgIpc) is 3.05. The zero-order valence-electron chi connectivity index (χ0n) is 12.0. The summed E-state index contributed by atoms with van der Waals surface area (Å²) < 4.78 is 7.27. The lowest BCUT2D eigenvalue weighted by Crippen LogP contribution is -1.99. The fraction of sp³-hybridized carbons (Fsp3) is 0.0588. The summed E-state index contributed by atoms with van der Waals surface area (Å²) in [5.41, 5.74) is 10.6. The highest BCUT2D eigenvalue weighted by Gasteiger charge is 2.11. The van der Waals surface area contributed by atoms with Gasteiger partial charge in [-0.25, -0.2) is 9.97 Å². The molecule has 5 nitrogen and oxygen atoms in total. The van der Waals surface area contributed by atoms with Crippen LogP contribution in [0.5, 0.6) is 5.75 Å². The average molecular weight is 290 g/mol. The third-order valence-corrected chi connectivity index (χ3v) is 3.76. The van der Waals surface area contributed by atoms with E-state index in [-0.39, 0.29) is 0 Å². The Kier molecular flexibility index (Phi) is 2.72. The van der Waals surface area contributed by atoms with Crippen molar-refractivity contribution in [1.29, 1.82) is 0 Å². The third-order valence-electron chi connectivity index (χ3n) is 3.76. The Balaban J connectivity index is 2.07. The molecule has 0 atom stereocenters. The molecule has 4 aromatic rings. The number of para-hydroxylation sites is 1. The number of nitrogen functional groups attached to an aromatic ring is 1. The molecule has 2 heterocycles. The zero-order chi connectivity index (χ0) is 15.1. The van der Waals surface area contributed by atoms with Crippen molar-refractivity contribution in [1.82, 2.24) is 14.4 Å². The molecule has 0 aliphatic rings. The maximum absolute atomic E-state index is 6.05.